The summed E-state index contributed by atoms with van der Waals surface area (Å²) in [6.07, 6.45) is 0.968. The van der Waals surface area contributed by atoms with Crippen molar-refractivity contribution in [2.24, 2.45) is 0 Å². The second-order valence-electron chi connectivity index (χ2n) is 6.20. The van der Waals surface area contributed by atoms with Crippen molar-refractivity contribution in [1.29, 1.82) is 0 Å². The highest BCUT2D eigenvalue weighted by atomic mass is 35.5. The molecule has 136 valence electrons. The maximum Gasteiger partial charge on any atom is 0.258 e. The molecule has 0 fully saturated rings. The summed E-state index contributed by atoms with van der Waals surface area (Å²) in [6.45, 7) is 2.30. The zero-order valence-electron chi connectivity index (χ0n) is 14.5. The Bertz CT molecular complexity index is 1030. The van der Waals surface area contributed by atoms with Crippen molar-refractivity contribution in [1.82, 2.24) is 14.9 Å². The molecular weight excluding hydrogens is 374 g/mol. The van der Waals surface area contributed by atoms with Crippen LogP contribution in [0.4, 0.5) is 0 Å². The number of hydrogen-bond acceptors (Lipinski definition) is 6. The number of thiophene rings is 1. The number of nitrogens with one attached hydrogen (secondary N) is 1. The molecular formula is C18H18ClN3O3S. The van der Waals surface area contributed by atoms with Crippen molar-refractivity contribution < 1.29 is 9.47 Å². The smallest absolute Gasteiger partial charge is 0.258 e. The molecule has 0 unspecified atom stereocenters. The van der Waals surface area contributed by atoms with Crippen molar-refractivity contribution in [2.75, 3.05) is 20.8 Å². The van der Waals surface area contributed by atoms with Crippen molar-refractivity contribution in [3.63, 3.8) is 0 Å². The van der Waals surface area contributed by atoms with Crippen molar-refractivity contribution in [3.8, 4) is 11.5 Å². The summed E-state index contributed by atoms with van der Waals surface area (Å²) in [5, 5.41) is 0.483. The molecule has 8 heteroatoms. The first kappa shape index (κ1) is 17.3. The summed E-state index contributed by atoms with van der Waals surface area (Å²) < 4.78 is 11.4. The summed E-state index contributed by atoms with van der Waals surface area (Å²) in [5.41, 5.74) is 1.68. The quantitative estimate of drug-likeness (QED) is 0.739. The molecule has 1 aliphatic rings. The summed E-state index contributed by atoms with van der Waals surface area (Å²) >= 11 is 7.77. The second kappa shape index (κ2) is 6.90. The maximum atomic E-state index is 12.5. The molecule has 0 atom stereocenters. The summed E-state index contributed by atoms with van der Waals surface area (Å²) in [4.78, 5) is 23.6. The van der Waals surface area contributed by atoms with Gasteiger partial charge in [-0.2, -0.15) is 0 Å². The molecule has 0 saturated heterocycles. The van der Waals surface area contributed by atoms with Crippen LogP contribution in [0.15, 0.2) is 23.0 Å². The molecule has 1 aliphatic heterocycles. The molecule has 26 heavy (non-hydrogen) atoms. The lowest BCUT2D eigenvalue weighted by atomic mass is 10.1. The molecule has 0 saturated carbocycles. The van der Waals surface area contributed by atoms with E-state index in [9.17, 15) is 4.79 Å². The van der Waals surface area contributed by atoms with Gasteiger partial charge in [0.2, 0.25) is 0 Å². The molecule has 0 spiro atoms. The number of hydrogen-bond donors (Lipinski definition) is 1. The highest BCUT2D eigenvalue weighted by Crippen LogP contribution is 2.32. The van der Waals surface area contributed by atoms with Crippen LogP contribution in [0.25, 0.3) is 10.9 Å². The minimum absolute atomic E-state index is 0.178. The fourth-order valence-electron chi connectivity index (χ4n) is 3.29. The fourth-order valence-corrected chi connectivity index (χ4v) is 4.59. The van der Waals surface area contributed by atoms with E-state index < -0.39 is 0 Å². The van der Waals surface area contributed by atoms with Gasteiger partial charge < -0.3 is 14.5 Å². The number of methoxy groups -OCH3 is 2. The molecule has 2 aromatic heterocycles. The Hall–Kier alpha value is -2.09. The van der Waals surface area contributed by atoms with E-state index in [2.05, 4.69) is 14.9 Å². The Morgan fingerprint density at radius 2 is 2.04 bits per heavy atom. The van der Waals surface area contributed by atoms with Crippen LogP contribution >= 0.6 is 22.9 Å². The number of aromatic nitrogens is 2. The highest BCUT2D eigenvalue weighted by Gasteiger charge is 2.20. The van der Waals surface area contributed by atoms with Crippen LogP contribution in [-0.2, 0) is 19.5 Å². The van der Waals surface area contributed by atoms with E-state index in [4.69, 9.17) is 21.1 Å². The van der Waals surface area contributed by atoms with Crippen molar-refractivity contribution >= 4 is 33.8 Å². The number of nitrogens with zero attached hydrogens (tertiary/aromatic N) is 2. The van der Waals surface area contributed by atoms with Gasteiger partial charge in [0.15, 0.2) is 11.5 Å². The van der Waals surface area contributed by atoms with E-state index in [1.165, 1.54) is 10.4 Å². The number of halogens is 1. The van der Waals surface area contributed by atoms with Crippen LogP contribution in [0, 0.1) is 0 Å². The van der Waals surface area contributed by atoms with Gasteiger partial charge in [0, 0.05) is 24.0 Å². The van der Waals surface area contributed by atoms with Gasteiger partial charge in [-0.15, -0.1) is 11.3 Å². The van der Waals surface area contributed by atoms with Gasteiger partial charge in [0.25, 0.3) is 5.56 Å². The first-order chi connectivity index (χ1) is 12.6. The third-order valence-electron chi connectivity index (χ3n) is 4.55. The minimum atomic E-state index is -0.178. The average Bonchev–Trinajstić information content (AvgIpc) is 3.00. The Labute approximate surface area is 159 Å². The number of aromatic amines is 1. The topological polar surface area (TPSA) is 67.5 Å². The number of rotatable bonds is 4. The molecule has 3 aromatic rings. The fraction of sp³-hybridized carbons (Fsp3) is 0.333. The Morgan fingerprint density at radius 1 is 1.27 bits per heavy atom. The predicted octanol–water partition coefficient (Wildman–Crippen LogP) is 3.21. The Morgan fingerprint density at radius 3 is 2.81 bits per heavy atom. The van der Waals surface area contributed by atoms with Crippen LogP contribution in [-0.4, -0.2) is 35.6 Å². The maximum absolute atomic E-state index is 12.5. The summed E-state index contributed by atoms with van der Waals surface area (Å²) in [7, 11) is 3.11. The number of benzene rings is 1. The van der Waals surface area contributed by atoms with E-state index in [0.717, 1.165) is 23.8 Å². The van der Waals surface area contributed by atoms with Gasteiger partial charge in [0.05, 0.1) is 36.0 Å². The zero-order chi connectivity index (χ0) is 18.3. The van der Waals surface area contributed by atoms with Gasteiger partial charge in [-0.1, -0.05) is 11.6 Å². The first-order valence-corrected chi connectivity index (χ1v) is 9.41. The van der Waals surface area contributed by atoms with E-state index in [1.807, 2.05) is 6.07 Å². The van der Waals surface area contributed by atoms with Crippen LogP contribution in [0.3, 0.4) is 0 Å². The van der Waals surface area contributed by atoms with E-state index in [0.29, 0.717) is 34.8 Å². The lowest BCUT2D eigenvalue weighted by Gasteiger charge is -2.26. The largest absolute Gasteiger partial charge is 0.493 e. The molecule has 1 aromatic carbocycles. The third-order valence-corrected chi connectivity index (χ3v) is 5.91. The molecule has 0 bridgehead atoms. The Balaban J connectivity index is 1.64. The van der Waals surface area contributed by atoms with Gasteiger partial charge >= 0.3 is 0 Å². The normalized spacial score (nSPS) is 14.4. The molecule has 4 rings (SSSR count). The predicted molar refractivity (Wildman–Crippen MR) is 103 cm³/mol. The molecule has 1 N–H and O–H groups in total. The Kier molecular flexibility index (Phi) is 4.60. The van der Waals surface area contributed by atoms with Gasteiger partial charge in [-0.25, -0.2) is 4.98 Å². The van der Waals surface area contributed by atoms with Crippen LogP contribution < -0.4 is 15.0 Å². The van der Waals surface area contributed by atoms with Crippen molar-refractivity contribution in [3.05, 3.63) is 49.2 Å². The second-order valence-corrected chi connectivity index (χ2v) is 7.96. The van der Waals surface area contributed by atoms with Gasteiger partial charge in [-0.05, 0) is 24.1 Å². The molecule has 6 nitrogen and oxygen atoms in total. The monoisotopic (exact) mass is 391 g/mol. The number of ether oxygens (including phenoxy) is 2. The standard InChI is InChI=1S/C18H18ClN3O3S/c1-24-13-6-11-12(7-14(13)25-2)20-17(21-18(11)23)9-22-4-3-15-10(8-22)5-16(19)26-15/h5-7H,3-4,8-9H2,1-2H3,(H,20,21,23). The van der Waals surface area contributed by atoms with Crippen LogP contribution in [0.5, 0.6) is 11.5 Å². The summed E-state index contributed by atoms with van der Waals surface area (Å²) in [5.74, 6) is 1.71. The lowest BCUT2D eigenvalue weighted by Crippen LogP contribution is -2.30. The summed E-state index contributed by atoms with van der Waals surface area (Å²) in [6, 6.07) is 5.42. The SMILES string of the molecule is COc1cc2nc(CN3CCc4sc(Cl)cc4C3)[nH]c(=O)c2cc1OC. The average molecular weight is 392 g/mol. The van der Waals surface area contributed by atoms with Gasteiger partial charge in [0.1, 0.15) is 5.82 Å². The highest BCUT2D eigenvalue weighted by molar-refractivity contribution is 7.16. The molecule has 0 amide bonds. The van der Waals surface area contributed by atoms with E-state index >= 15 is 0 Å². The minimum Gasteiger partial charge on any atom is -0.493 e. The molecule has 0 radical (unpaired) electrons. The number of fused-ring (bicyclic) bond motifs is 2. The third kappa shape index (κ3) is 3.18. The lowest BCUT2D eigenvalue weighted by molar-refractivity contribution is 0.241. The number of H-pyrrole nitrogens is 1. The van der Waals surface area contributed by atoms with E-state index in [-0.39, 0.29) is 5.56 Å². The molecule has 0 aliphatic carbocycles. The zero-order valence-corrected chi connectivity index (χ0v) is 16.0. The first-order valence-electron chi connectivity index (χ1n) is 8.21. The van der Waals surface area contributed by atoms with Crippen LogP contribution in [0.1, 0.15) is 16.3 Å². The molecule has 3 heterocycles. The van der Waals surface area contributed by atoms with Gasteiger partial charge in [-0.3, -0.25) is 9.69 Å². The van der Waals surface area contributed by atoms with Crippen molar-refractivity contribution in [2.45, 2.75) is 19.5 Å². The van der Waals surface area contributed by atoms with Crippen LogP contribution in [0.2, 0.25) is 4.34 Å². The van der Waals surface area contributed by atoms with E-state index in [1.54, 1.807) is 37.7 Å².